The molecule has 0 saturated heterocycles. The Kier molecular flexibility index (Phi) is 19.6. The number of unbranched alkanes of at least 4 members (excludes halogenated alkanes) is 2. The SMILES string of the molecule is CC/C=C\C/C=C\C/C=C\C/C=C\C/C=C\CCC/C=C(/CC)C(=O)OCC. The topological polar surface area (TPSA) is 26.3 Å². The van der Waals surface area contributed by atoms with Gasteiger partial charge < -0.3 is 4.74 Å². The number of hydrogen-bond acceptors (Lipinski definition) is 2. The van der Waals surface area contributed by atoms with Gasteiger partial charge in [-0.1, -0.05) is 80.7 Å². The van der Waals surface area contributed by atoms with Gasteiger partial charge in [0.05, 0.1) is 6.61 Å². The number of carbonyl (C=O) groups is 1. The van der Waals surface area contributed by atoms with Crippen LogP contribution in [0.5, 0.6) is 0 Å². The molecule has 0 heterocycles. The summed E-state index contributed by atoms with van der Waals surface area (Å²) < 4.78 is 5.04. The predicted molar refractivity (Wildman–Crippen MR) is 123 cm³/mol. The van der Waals surface area contributed by atoms with Crippen LogP contribution in [0.25, 0.3) is 0 Å². The van der Waals surface area contributed by atoms with Crippen LogP contribution < -0.4 is 0 Å². The van der Waals surface area contributed by atoms with E-state index in [0.29, 0.717) is 6.61 Å². The third kappa shape index (κ3) is 17.3. The van der Waals surface area contributed by atoms with E-state index < -0.39 is 0 Å². The van der Waals surface area contributed by atoms with Crippen LogP contribution in [0.2, 0.25) is 0 Å². The maximum Gasteiger partial charge on any atom is 0.333 e. The number of esters is 1. The molecule has 0 aliphatic heterocycles. The van der Waals surface area contributed by atoms with Gasteiger partial charge in [-0.15, -0.1) is 0 Å². The molecule has 0 fully saturated rings. The van der Waals surface area contributed by atoms with Gasteiger partial charge in [0.2, 0.25) is 0 Å². The van der Waals surface area contributed by atoms with Crippen LogP contribution in [0.1, 0.15) is 78.6 Å². The maximum absolute atomic E-state index is 11.7. The highest BCUT2D eigenvalue weighted by Gasteiger charge is 2.06. The molecule has 0 spiro atoms. The van der Waals surface area contributed by atoms with Gasteiger partial charge in [0, 0.05) is 5.57 Å². The number of carbonyl (C=O) groups excluding carboxylic acids is 1. The summed E-state index contributed by atoms with van der Waals surface area (Å²) in [4.78, 5) is 11.7. The molecule has 0 aliphatic rings. The van der Waals surface area contributed by atoms with Crippen molar-refractivity contribution in [1.29, 1.82) is 0 Å². The van der Waals surface area contributed by atoms with E-state index in [1.54, 1.807) is 0 Å². The molecule has 0 saturated carbocycles. The van der Waals surface area contributed by atoms with Gasteiger partial charge in [-0.05, 0) is 64.7 Å². The summed E-state index contributed by atoms with van der Waals surface area (Å²) in [6, 6.07) is 0. The Hall–Kier alpha value is -2.09. The fourth-order valence-electron chi connectivity index (χ4n) is 2.48. The molecule has 2 heteroatoms. The highest BCUT2D eigenvalue weighted by atomic mass is 16.5. The summed E-state index contributed by atoms with van der Waals surface area (Å²) >= 11 is 0. The molecule has 0 aliphatic carbocycles. The summed E-state index contributed by atoms with van der Waals surface area (Å²) in [5, 5.41) is 0. The van der Waals surface area contributed by atoms with Crippen LogP contribution >= 0.6 is 0 Å². The molecule has 0 aromatic rings. The van der Waals surface area contributed by atoms with Crippen molar-refractivity contribution >= 4 is 5.97 Å². The minimum Gasteiger partial charge on any atom is -0.463 e. The van der Waals surface area contributed by atoms with E-state index in [2.05, 4.69) is 67.7 Å². The number of ether oxygens (including phenoxy) is 1. The second-order valence-electron chi connectivity index (χ2n) is 6.44. The minimum absolute atomic E-state index is 0.167. The van der Waals surface area contributed by atoms with Crippen LogP contribution in [-0.2, 0) is 9.53 Å². The van der Waals surface area contributed by atoms with Crippen molar-refractivity contribution in [2.45, 2.75) is 78.6 Å². The fourth-order valence-corrected chi connectivity index (χ4v) is 2.48. The Balaban J connectivity index is 3.72. The largest absolute Gasteiger partial charge is 0.463 e. The summed E-state index contributed by atoms with van der Waals surface area (Å²) in [7, 11) is 0. The third-order valence-electron chi connectivity index (χ3n) is 4.04. The molecule has 0 rings (SSSR count). The average molecular weight is 385 g/mol. The quantitative estimate of drug-likeness (QED) is 0.117. The summed E-state index contributed by atoms with van der Waals surface area (Å²) in [6.07, 6.45) is 33.1. The van der Waals surface area contributed by atoms with Crippen LogP contribution in [0.3, 0.4) is 0 Å². The normalized spacial score (nSPS) is 13.2. The van der Waals surface area contributed by atoms with Crippen molar-refractivity contribution in [3.05, 3.63) is 72.4 Å². The Labute approximate surface area is 173 Å². The van der Waals surface area contributed by atoms with Crippen LogP contribution in [0.15, 0.2) is 72.4 Å². The zero-order valence-corrected chi connectivity index (χ0v) is 18.2. The summed E-state index contributed by atoms with van der Waals surface area (Å²) in [6.45, 7) is 6.43. The molecule has 0 atom stereocenters. The van der Waals surface area contributed by atoms with Crippen molar-refractivity contribution in [2.75, 3.05) is 6.61 Å². The first-order valence-corrected chi connectivity index (χ1v) is 10.9. The maximum atomic E-state index is 11.7. The van der Waals surface area contributed by atoms with Gasteiger partial charge in [-0.3, -0.25) is 0 Å². The lowest BCUT2D eigenvalue weighted by Gasteiger charge is -2.03. The molecule has 0 radical (unpaired) electrons. The molecular weight excluding hydrogens is 344 g/mol. The second kappa shape index (κ2) is 21.2. The number of hydrogen-bond donors (Lipinski definition) is 0. The summed E-state index contributed by atoms with van der Waals surface area (Å²) in [5.74, 6) is -0.167. The van der Waals surface area contributed by atoms with Crippen LogP contribution in [0, 0.1) is 0 Å². The van der Waals surface area contributed by atoms with E-state index >= 15 is 0 Å². The second-order valence-corrected chi connectivity index (χ2v) is 6.44. The molecular formula is C26H40O2. The molecule has 0 N–H and O–H groups in total. The van der Waals surface area contributed by atoms with E-state index in [1.165, 1.54) is 0 Å². The molecule has 0 unspecified atom stereocenters. The summed E-state index contributed by atoms with van der Waals surface area (Å²) in [5.41, 5.74) is 0.797. The average Bonchev–Trinajstić information content (AvgIpc) is 2.70. The van der Waals surface area contributed by atoms with Gasteiger partial charge in [-0.25, -0.2) is 4.79 Å². The van der Waals surface area contributed by atoms with E-state index in [1.807, 2.05) is 19.9 Å². The first kappa shape index (κ1) is 25.9. The Morgan fingerprint density at radius 1 is 0.679 bits per heavy atom. The minimum atomic E-state index is -0.167. The zero-order valence-electron chi connectivity index (χ0n) is 18.2. The molecule has 0 aromatic carbocycles. The predicted octanol–water partition coefficient (Wildman–Crippen LogP) is 7.81. The van der Waals surface area contributed by atoms with Gasteiger partial charge in [-0.2, -0.15) is 0 Å². The molecule has 0 bridgehead atoms. The first-order valence-electron chi connectivity index (χ1n) is 10.9. The molecule has 156 valence electrons. The molecule has 0 amide bonds. The Bertz CT molecular complexity index is 545. The van der Waals surface area contributed by atoms with Crippen molar-refractivity contribution in [3.8, 4) is 0 Å². The Morgan fingerprint density at radius 2 is 1.18 bits per heavy atom. The number of allylic oxidation sites excluding steroid dienone is 11. The van der Waals surface area contributed by atoms with Crippen molar-refractivity contribution in [2.24, 2.45) is 0 Å². The molecule has 28 heavy (non-hydrogen) atoms. The standard InChI is InChI=1S/C26H40O2/c1-4-7-8-9-10-11-12-13-14-15-16-17-18-19-20-21-22-23-24-25(5-2)26(27)28-6-3/h7-8,10-11,13-14,16-17,19-20,24H,4-6,9,12,15,18,21-23H2,1-3H3/b8-7-,11-10-,14-13-,17-16-,20-19-,25-24-. The van der Waals surface area contributed by atoms with Gasteiger partial charge in [0.25, 0.3) is 0 Å². The fraction of sp³-hybridized carbons (Fsp3) is 0.500. The van der Waals surface area contributed by atoms with Crippen molar-refractivity contribution < 1.29 is 9.53 Å². The van der Waals surface area contributed by atoms with Gasteiger partial charge >= 0.3 is 5.97 Å². The highest BCUT2D eigenvalue weighted by Crippen LogP contribution is 2.08. The van der Waals surface area contributed by atoms with Gasteiger partial charge in [0.15, 0.2) is 0 Å². The smallest absolute Gasteiger partial charge is 0.333 e. The highest BCUT2D eigenvalue weighted by molar-refractivity contribution is 5.88. The lowest BCUT2D eigenvalue weighted by Crippen LogP contribution is -2.06. The number of rotatable bonds is 16. The van der Waals surface area contributed by atoms with Crippen LogP contribution in [0.4, 0.5) is 0 Å². The van der Waals surface area contributed by atoms with Crippen molar-refractivity contribution in [1.82, 2.24) is 0 Å². The van der Waals surface area contributed by atoms with E-state index in [4.69, 9.17) is 4.74 Å². The monoisotopic (exact) mass is 384 g/mol. The lowest BCUT2D eigenvalue weighted by molar-refractivity contribution is -0.138. The zero-order chi connectivity index (χ0) is 20.7. The molecule has 0 aromatic heterocycles. The van der Waals surface area contributed by atoms with E-state index in [9.17, 15) is 4.79 Å². The third-order valence-corrected chi connectivity index (χ3v) is 4.04. The first-order chi connectivity index (χ1) is 13.8. The Morgan fingerprint density at radius 3 is 1.64 bits per heavy atom. The van der Waals surface area contributed by atoms with Crippen molar-refractivity contribution in [3.63, 3.8) is 0 Å². The van der Waals surface area contributed by atoms with E-state index in [0.717, 1.165) is 63.4 Å². The molecule has 2 nitrogen and oxygen atoms in total. The van der Waals surface area contributed by atoms with Crippen LogP contribution in [-0.4, -0.2) is 12.6 Å². The van der Waals surface area contributed by atoms with Gasteiger partial charge in [0.1, 0.15) is 0 Å². The lowest BCUT2D eigenvalue weighted by atomic mass is 10.1. The van der Waals surface area contributed by atoms with E-state index in [-0.39, 0.29) is 5.97 Å².